The maximum Gasteiger partial charge on any atom is 0.0422 e. The largest absolute Gasteiger partial charge is 0.302 e. The second kappa shape index (κ2) is 5.89. The van der Waals surface area contributed by atoms with Gasteiger partial charge in [-0.05, 0) is 51.6 Å². The van der Waals surface area contributed by atoms with Gasteiger partial charge in [0.25, 0.3) is 0 Å². The molecule has 0 amide bonds. The topological polar surface area (TPSA) is 41.3 Å². The van der Waals surface area contributed by atoms with E-state index in [9.17, 15) is 0 Å². The summed E-state index contributed by atoms with van der Waals surface area (Å²) < 4.78 is 0. The SMILES string of the molecule is CC1CCC(C(NN)C2(N(C)C)CCCC2)CC1. The van der Waals surface area contributed by atoms with Gasteiger partial charge in [0.05, 0.1) is 0 Å². The number of nitrogens with zero attached hydrogens (tertiary/aromatic N) is 1. The number of hydrogen-bond donors (Lipinski definition) is 2. The highest BCUT2D eigenvalue weighted by molar-refractivity contribution is 5.04. The standard InChI is InChI=1S/C15H31N3/c1-12-6-8-13(9-7-12)14(17-16)15(18(2)3)10-4-5-11-15/h12-14,17H,4-11,16H2,1-3H3. The Bertz CT molecular complexity index is 250. The molecule has 0 aromatic carbocycles. The summed E-state index contributed by atoms with van der Waals surface area (Å²) in [6, 6.07) is 0.475. The van der Waals surface area contributed by atoms with Crippen LogP contribution < -0.4 is 11.3 Å². The van der Waals surface area contributed by atoms with Gasteiger partial charge in [0.1, 0.15) is 0 Å². The molecule has 0 aromatic heterocycles. The zero-order valence-electron chi connectivity index (χ0n) is 12.4. The van der Waals surface area contributed by atoms with Crippen molar-refractivity contribution in [1.29, 1.82) is 0 Å². The number of rotatable bonds is 4. The van der Waals surface area contributed by atoms with E-state index < -0.39 is 0 Å². The molecule has 0 aliphatic heterocycles. The van der Waals surface area contributed by atoms with E-state index in [0.29, 0.717) is 11.6 Å². The Balaban J connectivity index is 2.11. The lowest BCUT2D eigenvalue weighted by Crippen LogP contribution is -2.62. The molecular weight excluding hydrogens is 222 g/mol. The third kappa shape index (κ3) is 2.59. The molecule has 2 aliphatic rings. The van der Waals surface area contributed by atoms with Crippen LogP contribution >= 0.6 is 0 Å². The highest BCUT2D eigenvalue weighted by Crippen LogP contribution is 2.42. The Morgan fingerprint density at radius 2 is 1.67 bits per heavy atom. The van der Waals surface area contributed by atoms with Crippen molar-refractivity contribution in [2.45, 2.75) is 69.9 Å². The molecule has 0 saturated heterocycles. The first-order chi connectivity index (χ1) is 8.60. The van der Waals surface area contributed by atoms with E-state index in [4.69, 9.17) is 5.84 Å². The Labute approximate surface area is 112 Å². The van der Waals surface area contributed by atoms with Gasteiger partial charge in [-0.1, -0.05) is 32.6 Å². The van der Waals surface area contributed by atoms with Crippen molar-refractivity contribution in [1.82, 2.24) is 10.3 Å². The minimum atomic E-state index is 0.306. The number of hydrazine groups is 1. The number of hydrogen-bond acceptors (Lipinski definition) is 3. The first-order valence-electron chi connectivity index (χ1n) is 7.73. The molecule has 1 atom stereocenters. The van der Waals surface area contributed by atoms with E-state index in [0.717, 1.165) is 11.8 Å². The summed E-state index contributed by atoms with van der Waals surface area (Å²) in [5.74, 6) is 7.65. The zero-order chi connectivity index (χ0) is 13.2. The summed E-state index contributed by atoms with van der Waals surface area (Å²) in [5, 5.41) is 0. The van der Waals surface area contributed by atoms with Crippen LogP contribution in [-0.4, -0.2) is 30.6 Å². The van der Waals surface area contributed by atoms with Gasteiger partial charge < -0.3 is 4.90 Å². The van der Waals surface area contributed by atoms with Gasteiger partial charge >= 0.3 is 0 Å². The molecule has 0 heterocycles. The lowest BCUT2D eigenvalue weighted by Gasteiger charge is -2.47. The van der Waals surface area contributed by atoms with E-state index in [-0.39, 0.29) is 0 Å². The molecule has 3 heteroatoms. The van der Waals surface area contributed by atoms with Gasteiger partial charge in [-0.25, -0.2) is 0 Å². The van der Waals surface area contributed by atoms with Crippen LogP contribution in [0.15, 0.2) is 0 Å². The molecule has 106 valence electrons. The quantitative estimate of drug-likeness (QED) is 0.597. The van der Waals surface area contributed by atoms with E-state index in [1.807, 2.05) is 0 Å². The lowest BCUT2D eigenvalue weighted by atomic mass is 9.71. The molecule has 2 rings (SSSR count). The summed E-state index contributed by atoms with van der Waals surface area (Å²) >= 11 is 0. The molecule has 18 heavy (non-hydrogen) atoms. The van der Waals surface area contributed by atoms with Crippen LogP contribution in [0, 0.1) is 11.8 Å². The van der Waals surface area contributed by atoms with Crippen LogP contribution in [0.1, 0.15) is 58.3 Å². The predicted molar refractivity (Wildman–Crippen MR) is 77.1 cm³/mol. The van der Waals surface area contributed by atoms with Crippen molar-refractivity contribution in [2.75, 3.05) is 14.1 Å². The molecule has 3 N–H and O–H groups in total. The van der Waals surface area contributed by atoms with Gasteiger partial charge in [0.15, 0.2) is 0 Å². The predicted octanol–water partition coefficient (Wildman–Crippen LogP) is 2.52. The fourth-order valence-electron chi connectivity index (χ4n) is 4.37. The lowest BCUT2D eigenvalue weighted by molar-refractivity contribution is 0.0564. The molecule has 0 aromatic rings. The molecule has 0 spiro atoms. The maximum atomic E-state index is 5.96. The molecule has 2 saturated carbocycles. The third-order valence-electron chi connectivity index (χ3n) is 5.65. The van der Waals surface area contributed by atoms with Gasteiger partial charge in [-0.15, -0.1) is 0 Å². The van der Waals surface area contributed by atoms with Crippen LogP contribution in [0.4, 0.5) is 0 Å². The van der Waals surface area contributed by atoms with Crippen LogP contribution in [0.2, 0.25) is 0 Å². The van der Waals surface area contributed by atoms with Gasteiger partial charge in [-0.3, -0.25) is 11.3 Å². The molecule has 3 nitrogen and oxygen atoms in total. The maximum absolute atomic E-state index is 5.96. The van der Waals surface area contributed by atoms with Gasteiger partial charge in [0.2, 0.25) is 0 Å². The number of nitrogens with two attached hydrogens (primary N) is 1. The summed E-state index contributed by atoms with van der Waals surface area (Å²) in [6.07, 6.45) is 10.8. The molecule has 2 aliphatic carbocycles. The van der Waals surface area contributed by atoms with Crippen molar-refractivity contribution in [3.8, 4) is 0 Å². The molecule has 0 radical (unpaired) electrons. The Morgan fingerprint density at radius 3 is 2.11 bits per heavy atom. The molecule has 1 unspecified atom stereocenters. The second-order valence-corrected chi connectivity index (χ2v) is 6.87. The van der Waals surface area contributed by atoms with Crippen LogP contribution in [-0.2, 0) is 0 Å². The normalized spacial score (nSPS) is 33.8. The van der Waals surface area contributed by atoms with E-state index >= 15 is 0 Å². The highest BCUT2D eigenvalue weighted by atomic mass is 15.3. The average molecular weight is 253 g/mol. The van der Waals surface area contributed by atoms with Gasteiger partial charge in [-0.2, -0.15) is 0 Å². The second-order valence-electron chi connectivity index (χ2n) is 6.87. The third-order valence-corrected chi connectivity index (χ3v) is 5.65. The van der Waals surface area contributed by atoms with Crippen molar-refractivity contribution in [2.24, 2.45) is 17.7 Å². The smallest absolute Gasteiger partial charge is 0.0422 e. The average Bonchev–Trinajstić information content (AvgIpc) is 2.83. The van der Waals surface area contributed by atoms with E-state index in [2.05, 4.69) is 31.3 Å². The summed E-state index contributed by atoms with van der Waals surface area (Å²) in [7, 11) is 4.47. The van der Waals surface area contributed by atoms with E-state index in [1.165, 1.54) is 51.4 Å². The molecule has 2 fully saturated rings. The van der Waals surface area contributed by atoms with Crippen LogP contribution in [0.5, 0.6) is 0 Å². The summed E-state index contributed by atoms with van der Waals surface area (Å²) in [5.41, 5.74) is 3.51. The fraction of sp³-hybridized carbons (Fsp3) is 1.00. The Kier molecular flexibility index (Phi) is 4.68. The summed E-state index contributed by atoms with van der Waals surface area (Å²) in [4.78, 5) is 2.45. The minimum Gasteiger partial charge on any atom is -0.302 e. The first kappa shape index (κ1) is 14.3. The number of likely N-dealkylation sites (N-methyl/N-ethyl adjacent to an activating group) is 1. The highest BCUT2D eigenvalue weighted by Gasteiger charge is 2.46. The zero-order valence-corrected chi connectivity index (χ0v) is 12.4. The Morgan fingerprint density at radius 1 is 1.11 bits per heavy atom. The summed E-state index contributed by atoms with van der Waals surface area (Å²) in [6.45, 7) is 2.39. The number of nitrogens with one attached hydrogen (secondary N) is 1. The molecular formula is C15H31N3. The van der Waals surface area contributed by atoms with Crippen molar-refractivity contribution < 1.29 is 0 Å². The van der Waals surface area contributed by atoms with Crippen LogP contribution in [0.25, 0.3) is 0 Å². The van der Waals surface area contributed by atoms with Crippen molar-refractivity contribution >= 4 is 0 Å². The van der Waals surface area contributed by atoms with E-state index in [1.54, 1.807) is 0 Å². The van der Waals surface area contributed by atoms with Crippen LogP contribution in [0.3, 0.4) is 0 Å². The van der Waals surface area contributed by atoms with Gasteiger partial charge in [0, 0.05) is 11.6 Å². The minimum absolute atomic E-state index is 0.306. The van der Waals surface area contributed by atoms with Crippen molar-refractivity contribution in [3.63, 3.8) is 0 Å². The Hall–Kier alpha value is -0.120. The molecule has 0 bridgehead atoms. The first-order valence-corrected chi connectivity index (χ1v) is 7.73. The van der Waals surface area contributed by atoms with Crippen molar-refractivity contribution in [3.05, 3.63) is 0 Å². The monoisotopic (exact) mass is 253 g/mol. The fourth-order valence-corrected chi connectivity index (χ4v) is 4.37.